The molecule has 2 nitrogen and oxygen atoms in total. The highest BCUT2D eigenvalue weighted by molar-refractivity contribution is 7.00. The first kappa shape index (κ1) is 19.9. The molecule has 0 spiro atoms. The summed E-state index contributed by atoms with van der Waals surface area (Å²) in [5.74, 6) is 0. The van der Waals surface area contributed by atoms with Crippen molar-refractivity contribution in [3.63, 3.8) is 0 Å². The summed E-state index contributed by atoms with van der Waals surface area (Å²) in [5.41, 5.74) is 18.0. The van der Waals surface area contributed by atoms with Gasteiger partial charge >= 0.3 is 0 Å². The average molecular weight is 472 g/mol. The largest absolute Gasteiger partial charge is 0.311 e. The lowest BCUT2D eigenvalue weighted by atomic mass is 9.33. The van der Waals surface area contributed by atoms with Crippen LogP contribution < -0.4 is 26.2 Å². The van der Waals surface area contributed by atoms with Crippen LogP contribution in [0.15, 0.2) is 103 Å². The monoisotopic (exact) mass is 472 g/mol. The molecule has 0 unspecified atom stereocenters. The summed E-state index contributed by atoms with van der Waals surface area (Å²) in [5, 5.41) is 0. The molecule has 0 N–H and O–H groups in total. The number of hydrogen-bond acceptors (Lipinski definition) is 2. The fraction of sp³-hybridized carbons (Fsp3) is 0.118. The van der Waals surface area contributed by atoms with Crippen molar-refractivity contribution in [2.45, 2.75) is 25.7 Å². The van der Waals surface area contributed by atoms with Crippen LogP contribution in [0.1, 0.15) is 22.3 Å². The number of rotatable bonds is 2. The van der Waals surface area contributed by atoms with Crippen molar-refractivity contribution in [1.82, 2.24) is 0 Å². The van der Waals surface area contributed by atoms with Gasteiger partial charge in [0.15, 0.2) is 0 Å². The van der Waals surface area contributed by atoms with E-state index in [0.717, 1.165) is 0 Å². The molecule has 0 aromatic heterocycles. The number of anilines is 6. The Morgan fingerprint density at radius 3 is 1.84 bits per heavy atom. The van der Waals surface area contributed by atoms with Gasteiger partial charge in [-0.05, 0) is 113 Å². The van der Waals surface area contributed by atoms with E-state index in [1.165, 1.54) is 98.4 Å². The zero-order valence-corrected chi connectivity index (χ0v) is 20.6. The molecular formula is C34H25BN2. The highest BCUT2D eigenvalue weighted by Crippen LogP contribution is 2.45. The summed E-state index contributed by atoms with van der Waals surface area (Å²) in [6.07, 6.45) is 4.79. The third-order valence-corrected chi connectivity index (χ3v) is 9.01. The van der Waals surface area contributed by atoms with Gasteiger partial charge in [-0.3, -0.25) is 0 Å². The molecule has 37 heavy (non-hydrogen) atoms. The third kappa shape index (κ3) is 2.61. The second-order valence-corrected chi connectivity index (χ2v) is 10.8. The Bertz CT molecular complexity index is 1760. The van der Waals surface area contributed by atoms with E-state index in [1.54, 1.807) is 0 Å². The topological polar surface area (TPSA) is 6.48 Å². The summed E-state index contributed by atoms with van der Waals surface area (Å²) in [7, 11) is 0. The summed E-state index contributed by atoms with van der Waals surface area (Å²) in [6.45, 7) is 0.228. The van der Waals surface area contributed by atoms with Crippen LogP contribution in [0.2, 0.25) is 0 Å². The molecule has 0 saturated heterocycles. The Balaban J connectivity index is 1.37. The van der Waals surface area contributed by atoms with Crippen LogP contribution in [0.4, 0.5) is 34.1 Å². The van der Waals surface area contributed by atoms with E-state index in [4.69, 9.17) is 0 Å². The number of benzene rings is 5. The van der Waals surface area contributed by atoms with Crippen LogP contribution >= 0.6 is 0 Å². The smallest absolute Gasteiger partial charge is 0.252 e. The summed E-state index contributed by atoms with van der Waals surface area (Å²) in [6, 6.07) is 38.9. The van der Waals surface area contributed by atoms with Crippen LogP contribution in [-0.2, 0) is 25.7 Å². The summed E-state index contributed by atoms with van der Waals surface area (Å²) in [4.78, 5) is 5.02. The van der Waals surface area contributed by atoms with E-state index in [2.05, 4.69) is 113 Å². The molecule has 9 rings (SSSR count). The van der Waals surface area contributed by atoms with E-state index < -0.39 is 0 Å². The highest BCUT2D eigenvalue weighted by Gasteiger charge is 2.43. The Morgan fingerprint density at radius 2 is 1.08 bits per heavy atom. The number of nitrogens with zero attached hydrogens (tertiary/aromatic N) is 2. The normalized spacial score (nSPS) is 15.5. The van der Waals surface area contributed by atoms with E-state index >= 15 is 0 Å². The summed E-state index contributed by atoms with van der Waals surface area (Å²) >= 11 is 0. The van der Waals surface area contributed by atoms with Crippen LogP contribution in [0.5, 0.6) is 0 Å². The Labute approximate surface area is 217 Å². The first-order chi connectivity index (χ1) is 18.3. The third-order valence-electron chi connectivity index (χ3n) is 9.01. The van der Waals surface area contributed by atoms with Crippen LogP contribution in [0.25, 0.3) is 0 Å². The standard InChI is InChI=1S/C34H25BN2/c1-2-7-26(8-3-1)36-30-10-5-4-9-28(30)35-29-20-24-15-16-25(24)21-33(29)37(32-12-6-11-31(36)34(32)35)27-18-17-22-13-14-23(22)19-27/h1-12,17-21H,13-16H2. The fourth-order valence-electron chi connectivity index (χ4n) is 7.03. The molecule has 0 amide bonds. The van der Waals surface area contributed by atoms with Crippen molar-refractivity contribution >= 4 is 57.2 Å². The van der Waals surface area contributed by atoms with Gasteiger partial charge in [-0.15, -0.1) is 0 Å². The highest BCUT2D eigenvalue weighted by atomic mass is 15.2. The minimum Gasteiger partial charge on any atom is -0.311 e. The molecule has 2 aliphatic carbocycles. The molecule has 2 heterocycles. The van der Waals surface area contributed by atoms with Crippen molar-refractivity contribution in [2.24, 2.45) is 0 Å². The number of aryl methyl sites for hydroxylation is 4. The first-order valence-electron chi connectivity index (χ1n) is 13.5. The SMILES string of the molecule is c1ccc(N2c3ccccc3B3c4cc5c(cc4N(c4ccc6c(c4)CC6)c4cccc2c43)CC5)cc1. The molecule has 5 aromatic rings. The van der Waals surface area contributed by atoms with Crippen molar-refractivity contribution in [1.29, 1.82) is 0 Å². The van der Waals surface area contributed by atoms with Gasteiger partial charge < -0.3 is 9.80 Å². The van der Waals surface area contributed by atoms with Crippen molar-refractivity contribution in [3.05, 3.63) is 125 Å². The van der Waals surface area contributed by atoms with Gasteiger partial charge in [-0.1, -0.05) is 54.6 Å². The Kier molecular flexibility index (Phi) is 3.85. The lowest BCUT2D eigenvalue weighted by Gasteiger charge is -2.45. The lowest BCUT2D eigenvalue weighted by molar-refractivity contribution is 0.837. The molecule has 2 aliphatic heterocycles. The minimum absolute atomic E-state index is 0.228. The maximum Gasteiger partial charge on any atom is 0.252 e. The molecule has 0 saturated carbocycles. The molecule has 0 atom stereocenters. The van der Waals surface area contributed by atoms with Gasteiger partial charge in [0.25, 0.3) is 6.71 Å². The number of hydrogen-bond donors (Lipinski definition) is 0. The molecule has 4 aliphatic rings. The van der Waals surface area contributed by atoms with E-state index in [0.29, 0.717) is 0 Å². The second-order valence-electron chi connectivity index (χ2n) is 10.8. The van der Waals surface area contributed by atoms with E-state index in [9.17, 15) is 0 Å². The molecule has 3 heteroatoms. The molecule has 0 bridgehead atoms. The average Bonchev–Trinajstić information content (AvgIpc) is 2.91. The van der Waals surface area contributed by atoms with Gasteiger partial charge in [0.05, 0.1) is 0 Å². The Hall–Kier alpha value is -4.24. The maximum absolute atomic E-state index is 2.55. The van der Waals surface area contributed by atoms with Gasteiger partial charge in [0, 0.05) is 34.1 Å². The quantitative estimate of drug-likeness (QED) is 0.286. The van der Waals surface area contributed by atoms with Gasteiger partial charge in [0.1, 0.15) is 0 Å². The molecule has 174 valence electrons. The first-order valence-corrected chi connectivity index (χ1v) is 13.5. The van der Waals surface area contributed by atoms with Crippen LogP contribution in [-0.4, -0.2) is 6.71 Å². The predicted octanol–water partition coefficient (Wildman–Crippen LogP) is 5.97. The Morgan fingerprint density at radius 1 is 0.432 bits per heavy atom. The molecule has 5 aromatic carbocycles. The predicted molar refractivity (Wildman–Crippen MR) is 155 cm³/mol. The van der Waals surface area contributed by atoms with Gasteiger partial charge in [0.2, 0.25) is 0 Å². The van der Waals surface area contributed by atoms with Crippen molar-refractivity contribution in [2.75, 3.05) is 9.80 Å². The van der Waals surface area contributed by atoms with E-state index in [1.807, 2.05) is 0 Å². The number of fused-ring (bicyclic) bond motifs is 6. The number of para-hydroxylation sites is 2. The zero-order valence-electron chi connectivity index (χ0n) is 20.6. The second kappa shape index (κ2) is 7.17. The van der Waals surface area contributed by atoms with E-state index in [-0.39, 0.29) is 6.71 Å². The van der Waals surface area contributed by atoms with Crippen molar-refractivity contribution < 1.29 is 0 Å². The minimum atomic E-state index is 0.228. The van der Waals surface area contributed by atoms with Gasteiger partial charge in [-0.2, -0.15) is 0 Å². The summed E-state index contributed by atoms with van der Waals surface area (Å²) < 4.78 is 0. The van der Waals surface area contributed by atoms with Crippen LogP contribution in [0, 0.1) is 0 Å². The van der Waals surface area contributed by atoms with Crippen molar-refractivity contribution in [3.8, 4) is 0 Å². The lowest BCUT2D eigenvalue weighted by Crippen LogP contribution is -2.61. The molecule has 0 radical (unpaired) electrons. The fourth-order valence-corrected chi connectivity index (χ4v) is 7.03. The molecule has 0 fully saturated rings. The molecular weight excluding hydrogens is 447 g/mol. The zero-order chi connectivity index (χ0) is 24.1. The van der Waals surface area contributed by atoms with Gasteiger partial charge in [-0.25, -0.2) is 0 Å². The van der Waals surface area contributed by atoms with Crippen LogP contribution in [0.3, 0.4) is 0 Å². The maximum atomic E-state index is 2.55.